The van der Waals surface area contributed by atoms with E-state index in [4.69, 9.17) is 4.74 Å². The zero-order valence-electron chi connectivity index (χ0n) is 10.6. The van der Waals surface area contributed by atoms with Crippen molar-refractivity contribution in [2.45, 2.75) is 12.5 Å². The van der Waals surface area contributed by atoms with Crippen molar-refractivity contribution in [1.82, 2.24) is 10.2 Å². The predicted molar refractivity (Wildman–Crippen MR) is 83.5 cm³/mol. The summed E-state index contributed by atoms with van der Waals surface area (Å²) in [6.45, 7) is 3.66. The lowest BCUT2D eigenvalue weighted by molar-refractivity contribution is -0.147. The Kier molecular flexibility index (Phi) is 5.83. The van der Waals surface area contributed by atoms with Gasteiger partial charge < -0.3 is 10.1 Å². The average molecular weight is 412 g/mol. The number of thiophene rings is 1. The molecule has 0 aromatic carbocycles. The Morgan fingerprint density at radius 1 is 1.47 bits per heavy atom. The van der Waals surface area contributed by atoms with E-state index in [0.717, 1.165) is 45.7 Å². The van der Waals surface area contributed by atoms with Crippen LogP contribution in [0.2, 0.25) is 0 Å². The Hall–Kier alpha value is 0.0500. The third-order valence-electron chi connectivity index (χ3n) is 3.10. The van der Waals surface area contributed by atoms with Crippen molar-refractivity contribution >= 4 is 49.2 Å². The molecule has 1 aromatic heterocycles. The molecule has 0 spiro atoms. The standard InChI is InChI=1S/C12H16Br2N2O2S/c1-18-12(17)10(9-7-8(13)11(14)19-9)16-5-2-3-15-4-6-16/h7,10,15H,2-6H2,1H3. The van der Waals surface area contributed by atoms with E-state index >= 15 is 0 Å². The fourth-order valence-electron chi connectivity index (χ4n) is 2.18. The molecule has 7 heteroatoms. The van der Waals surface area contributed by atoms with Crippen LogP contribution >= 0.6 is 43.2 Å². The largest absolute Gasteiger partial charge is 0.468 e. The summed E-state index contributed by atoms with van der Waals surface area (Å²) in [4.78, 5) is 15.3. The van der Waals surface area contributed by atoms with Gasteiger partial charge in [0.25, 0.3) is 0 Å². The van der Waals surface area contributed by atoms with Crippen molar-refractivity contribution in [3.05, 3.63) is 19.2 Å². The monoisotopic (exact) mass is 410 g/mol. The first-order chi connectivity index (χ1) is 9.13. The minimum Gasteiger partial charge on any atom is -0.468 e. The van der Waals surface area contributed by atoms with Crippen LogP contribution in [-0.4, -0.2) is 44.2 Å². The molecule has 0 bridgehead atoms. The van der Waals surface area contributed by atoms with Crippen LogP contribution in [0.1, 0.15) is 17.3 Å². The highest BCUT2D eigenvalue weighted by molar-refractivity contribution is 9.13. The minimum absolute atomic E-state index is 0.192. The lowest BCUT2D eigenvalue weighted by Gasteiger charge is -2.27. The Labute approximate surface area is 133 Å². The number of rotatable bonds is 3. The number of carbonyl (C=O) groups excluding carboxylic acids is 1. The number of ether oxygens (including phenoxy) is 1. The fraction of sp³-hybridized carbons (Fsp3) is 0.583. The number of methoxy groups -OCH3 is 1. The number of nitrogens with zero attached hydrogens (tertiary/aromatic N) is 1. The highest BCUT2D eigenvalue weighted by Crippen LogP contribution is 2.38. The second kappa shape index (κ2) is 7.17. The van der Waals surface area contributed by atoms with E-state index in [0.29, 0.717) is 0 Å². The molecule has 2 rings (SSSR count). The van der Waals surface area contributed by atoms with E-state index in [-0.39, 0.29) is 12.0 Å². The topological polar surface area (TPSA) is 41.6 Å². The molecule has 0 aliphatic carbocycles. The molecule has 1 aliphatic rings. The van der Waals surface area contributed by atoms with Gasteiger partial charge in [0, 0.05) is 29.0 Å². The van der Waals surface area contributed by atoms with Crippen LogP contribution in [0.5, 0.6) is 0 Å². The van der Waals surface area contributed by atoms with Crippen LogP contribution < -0.4 is 5.32 Å². The van der Waals surface area contributed by atoms with Crippen molar-refractivity contribution in [3.8, 4) is 0 Å². The molecule has 1 atom stereocenters. The van der Waals surface area contributed by atoms with Crippen molar-refractivity contribution in [2.24, 2.45) is 0 Å². The van der Waals surface area contributed by atoms with Gasteiger partial charge in [-0.25, -0.2) is 4.79 Å². The van der Waals surface area contributed by atoms with Gasteiger partial charge in [-0.15, -0.1) is 11.3 Å². The Balaban J connectivity index is 2.26. The van der Waals surface area contributed by atoms with Gasteiger partial charge in [-0.3, -0.25) is 4.90 Å². The lowest BCUT2D eigenvalue weighted by atomic mass is 10.2. The maximum atomic E-state index is 12.1. The number of esters is 1. The second-order valence-electron chi connectivity index (χ2n) is 4.34. The molecule has 4 nitrogen and oxygen atoms in total. The van der Waals surface area contributed by atoms with Gasteiger partial charge in [0.15, 0.2) is 0 Å². The molecule has 19 heavy (non-hydrogen) atoms. The third kappa shape index (κ3) is 3.78. The van der Waals surface area contributed by atoms with E-state index in [2.05, 4.69) is 42.1 Å². The third-order valence-corrected chi connectivity index (χ3v) is 6.41. The summed E-state index contributed by atoms with van der Waals surface area (Å²) in [6, 6.07) is 1.69. The van der Waals surface area contributed by atoms with Crippen LogP contribution in [0.4, 0.5) is 0 Å². The summed E-state index contributed by atoms with van der Waals surface area (Å²) in [5, 5.41) is 3.35. The molecular weight excluding hydrogens is 396 g/mol. The summed E-state index contributed by atoms with van der Waals surface area (Å²) in [5.74, 6) is -0.192. The molecule has 0 saturated carbocycles. The minimum atomic E-state index is -0.308. The fourth-order valence-corrected chi connectivity index (χ4v) is 4.39. The number of hydrogen-bond acceptors (Lipinski definition) is 5. The number of halogens is 2. The van der Waals surface area contributed by atoms with E-state index < -0.39 is 0 Å². The van der Waals surface area contributed by atoms with E-state index in [1.54, 1.807) is 11.3 Å². The first-order valence-electron chi connectivity index (χ1n) is 6.11. The highest BCUT2D eigenvalue weighted by Gasteiger charge is 2.30. The molecule has 0 radical (unpaired) electrons. The number of carbonyl (C=O) groups is 1. The van der Waals surface area contributed by atoms with Gasteiger partial charge in [0.2, 0.25) is 0 Å². The van der Waals surface area contributed by atoms with Crippen molar-refractivity contribution < 1.29 is 9.53 Å². The van der Waals surface area contributed by atoms with Gasteiger partial charge in [-0.2, -0.15) is 0 Å². The number of hydrogen-bond donors (Lipinski definition) is 1. The summed E-state index contributed by atoms with van der Waals surface area (Å²) < 4.78 is 6.97. The van der Waals surface area contributed by atoms with Crippen LogP contribution in [0.15, 0.2) is 14.3 Å². The van der Waals surface area contributed by atoms with Gasteiger partial charge in [0.1, 0.15) is 6.04 Å². The first kappa shape index (κ1) is 15.4. The molecule has 1 aromatic rings. The van der Waals surface area contributed by atoms with E-state index in [1.807, 2.05) is 6.07 Å². The summed E-state index contributed by atoms with van der Waals surface area (Å²) >= 11 is 8.53. The molecule has 2 heterocycles. The van der Waals surface area contributed by atoms with E-state index in [1.165, 1.54) is 7.11 Å². The van der Waals surface area contributed by atoms with Crippen LogP contribution in [0, 0.1) is 0 Å². The molecule has 106 valence electrons. The molecule has 1 fully saturated rings. The molecule has 0 amide bonds. The van der Waals surface area contributed by atoms with Crippen molar-refractivity contribution in [2.75, 3.05) is 33.3 Å². The normalized spacial score (nSPS) is 18.9. The van der Waals surface area contributed by atoms with Gasteiger partial charge >= 0.3 is 5.97 Å². The molecule has 1 saturated heterocycles. The number of nitrogens with one attached hydrogen (secondary N) is 1. The lowest BCUT2D eigenvalue weighted by Crippen LogP contribution is -2.36. The quantitative estimate of drug-likeness (QED) is 0.776. The first-order valence-corrected chi connectivity index (χ1v) is 8.51. The SMILES string of the molecule is COC(=O)C(c1cc(Br)c(Br)s1)N1CCCNCC1. The summed E-state index contributed by atoms with van der Waals surface area (Å²) in [6.07, 6.45) is 1.04. The van der Waals surface area contributed by atoms with Crippen LogP contribution in [0.25, 0.3) is 0 Å². The van der Waals surface area contributed by atoms with Crippen molar-refractivity contribution in [3.63, 3.8) is 0 Å². The van der Waals surface area contributed by atoms with Crippen molar-refractivity contribution in [1.29, 1.82) is 0 Å². The Morgan fingerprint density at radius 3 is 2.89 bits per heavy atom. The zero-order chi connectivity index (χ0) is 13.8. The molecular formula is C12H16Br2N2O2S. The van der Waals surface area contributed by atoms with Gasteiger partial charge in [0.05, 0.1) is 10.9 Å². The molecule has 1 aliphatic heterocycles. The molecule has 1 N–H and O–H groups in total. The Bertz CT molecular complexity index is 425. The zero-order valence-corrected chi connectivity index (χ0v) is 14.6. The average Bonchev–Trinajstić information content (AvgIpc) is 2.61. The van der Waals surface area contributed by atoms with Crippen LogP contribution in [-0.2, 0) is 9.53 Å². The maximum absolute atomic E-state index is 12.1. The maximum Gasteiger partial charge on any atom is 0.328 e. The van der Waals surface area contributed by atoms with Crippen LogP contribution in [0.3, 0.4) is 0 Å². The summed E-state index contributed by atoms with van der Waals surface area (Å²) in [7, 11) is 1.45. The van der Waals surface area contributed by atoms with Gasteiger partial charge in [-0.1, -0.05) is 0 Å². The highest BCUT2D eigenvalue weighted by atomic mass is 79.9. The predicted octanol–water partition coefficient (Wildman–Crippen LogP) is 2.78. The van der Waals surface area contributed by atoms with E-state index in [9.17, 15) is 4.79 Å². The molecule has 1 unspecified atom stereocenters. The second-order valence-corrected chi connectivity index (χ2v) is 7.59. The smallest absolute Gasteiger partial charge is 0.328 e. The summed E-state index contributed by atoms with van der Waals surface area (Å²) in [5.41, 5.74) is 0. The Morgan fingerprint density at radius 2 is 2.26 bits per heavy atom. The van der Waals surface area contributed by atoms with Gasteiger partial charge in [-0.05, 0) is 50.9 Å².